The van der Waals surface area contributed by atoms with E-state index < -0.39 is 21.7 Å². The quantitative estimate of drug-likeness (QED) is 0.133. The molecular weight excluding hydrogens is 554 g/mol. The SMILES string of the molecule is Nc1ccccc1S(=O)(=O)Nc1cccc(N/C(=N\C(=O)c2ccc(Cl)cc2)Nc2cc(F)cc(Cl)c2)n1. The van der Waals surface area contributed by atoms with E-state index in [2.05, 4.69) is 25.3 Å². The molecule has 13 heteroatoms. The fraction of sp³-hybridized carbons (Fsp3) is 0. The molecule has 9 nitrogen and oxygen atoms in total. The van der Waals surface area contributed by atoms with Crippen molar-refractivity contribution in [2.75, 3.05) is 21.1 Å². The first kappa shape index (κ1) is 26.9. The Bertz CT molecular complexity index is 1610. The van der Waals surface area contributed by atoms with Crippen molar-refractivity contribution in [3.63, 3.8) is 0 Å². The first-order chi connectivity index (χ1) is 18.1. The molecule has 38 heavy (non-hydrogen) atoms. The first-order valence-corrected chi connectivity index (χ1v) is 13.1. The summed E-state index contributed by atoms with van der Waals surface area (Å²) in [6.07, 6.45) is 0. The van der Waals surface area contributed by atoms with Gasteiger partial charge in [-0.1, -0.05) is 41.4 Å². The average Bonchev–Trinajstić information content (AvgIpc) is 2.84. The van der Waals surface area contributed by atoms with E-state index in [1.807, 2.05) is 0 Å². The van der Waals surface area contributed by atoms with E-state index in [1.165, 1.54) is 60.7 Å². The van der Waals surface area contributed by atoms with E-state index >= 15 is 0 Å². The molecule has 4 aromatic rings. The van der Waals surface area contributed by atoms with E-state index in [0.29, 0.717) is 5.02 Å². The highest BCUT2D eigenvalue weighted by Gasteiger charge is 2.18. The number of nitrogens with one attached hydrogen (secondary N) is 3. The van der Waals surface area contributed by atoms with Gasteiger partial charge in [-0.25, -0.2) is 17.8 Å². The van der Waals surface area contributed by atoms with Crippen LogP contribution in [0.1, 0.15) is 10.4 Å². The number of carbonyl (C=O) groups excluding carboxylic acids is 1. The van der Waals surface area contributed by atoms with Gasteiger partial charge in [-0.05, 0) is 66.7 Å². The number of rotatable bonds is 6. The number of aliphatic imine (C=N–C) groups is 1. The molecule has 0 saturated carbocycles. The van der Waals surface area contributed by atoms with Crippen molar-refractivity contribution in [1.29, 1.82) is 0 Å². The molecule has 0 atom stereocenters. The number of guanidine groups is 1. The topological polar surface area (TPSA) is 139 Å². The maximum Gasteiger partial charge on any atom is 0.280 e. The number of carbonyl (C=O) groups is 1. The number of sulfonamides is 1. The van der Waals surface area contributed by atoms with E-state index in [1.54, 1.807) is 12.1 Å². The van der Waals surface area contributed by atoms with Gasteiger partial charge >= 0.3 is 0 Å². The molecular formula is C25H19Cl2FN6O3S. The number of anilines is 4. The van der Waals surface area contributed by atoms with E-state index in [0.717, 1.165) is 12.1 Å². The molecule has 1 amide bonds. The van der Waals surface area contributed by atoms with Crippen molar-refractivity contribution in [1.82, 2.24) is 4.98 Å². The Hall–Kier alpha value is -4.19. The maximum atomic E-state index is 13.9. The van der Waals surface area contributed by atoms with Crippen molar-refractivity contribution in [3.05, 3.63) is 106 Å². The van der Waals surface area contributed by atoms with Crippen LogP contribution in [-0.2, 0) is 10.0 Å². The van der Waals surface area contributed by atoms with Crippen LogP contribution in [0.2, 0.25) is 10.0 Å². The van der Waals surface area contributed by atoms with Crippen LogP contribution in [0.15, 0.2) is 94.8 Å². The number of halogens is 3. The lowest BCUT2D eigenvalue weighted by Crippen LogP contribution is -2.24. The van der Waals surface area contributed by atoms with Crippen LogP contribution >= 0.6 is 23.2 Å². The minimum atomic E-state index is -4.04. The zero-order chi connectivity index (χ0) is 27.3. The van der Waals surface area contributed by atoms with Crippen molar-refractivity contribution in [3.8, 4) is 0 Å². The molecule has 4 rings (SSSR count). The minimum absolute atomic E-state index is 0.0320. The van der Waals surface area contributed by atoms with Gasteiger partial charge in [-0.2, -0.15) is 4.99 Å². The fourth-order valence-corrected chi connectivity index (χ4v) is 4.69. The Kier molecular flexibility index (Phi) is 8.10. The van der Waals surface area contributed by atoms with Crippen molar-refractivity contribution < 1.29 is 17.6 Å². The van der Waals surface area contributed by atoms with Crippen LogP contribution in [0.4, 0.5) is 27.4 Å². The van der Waals surface area contributed by atoms with Gasteiger partial charge in [0.25, 0.3) is 15.9 Å². The summed E-state index contributed by atoms with van der Waals surface area (Å²) in [6.45, 7) is 0. The summed E-state index contributed by atoms with van der Waals surface area (Å²) in [5.74, 6) is -1.31. The molecule has 0 saturated heterocycles. The third-order valence-corrected chi connectivity index (χ3v) is 6.77. The lowest BCUT2D eigenvalue weighted by Gasteiger charge is -2.14. The van der Waals surface area contributed by atoms with E-state index in [4.69, 9.17) is 28.9 Å². The van der Waals surface area contributed by atoms with Crippen molar-refractivity contribution in [2.24, 2.45) is 4.99 Å². The number of para-hydroxylation sites is 1. The second-order valence-electron chi connectivity index (χ2n) is 7.73. The molecule has 1 heterocycles. The Morgan fingerprint density at radius 2 is 1.58 bits per heavy atom. The number of nitrogens with zero attached hydrogens (tertiary/aromatic N) is 2. The van der Waals surface area contributed by atoms with Crippen LogP contribution in [0.25, 0.3) is 0 Å². The van der Waals surface area contributed by atoms with Crippen LogP contribution in [0.3, 0.4) is 0 Å². The first-order valence-electron chi connectivity index (χ1n) is 10.8. The van der Waals surface area contributed by atoms with Gasteiger partial charge in [0.1, 0.15) is 22.3 Å². The zero-order valence-electron chi connectivity index (χ0n) is 19.3. The fourth-order valence-electron chi connectivity index (χ4n) is 3.21. The average molecular weight is 573 g/mol. The molecule has 0 radical (unpaired) electrons. The molecule has 3 aromatic carbocycles. The summed E-state index contributed by atoms with van der Waals surface area (Å²) in [5, 5.41) is 6.16. The van der Waals surface area contributed by atoms with Crippen molar-refractivity contribution in [2.45, 2.75) is 4.90 Å². The number of hydrogen-bond acceptors (Lipinski definition) is 5. The van der Waals surface area contributed by atoms with E-state index in [-0.39, 0.29) is 44.5 Å². The monoisotopic (exact) mass is 572 g/mol. The Morgan fingerprint density at radius 1 is 0.868 bits per heavy atom. The lowest BCUT2D eigenvalue weighted by molar-refractivity contribution is 0.100. The molecule has 0 bridgehead atoms. The van der Waals surface area contributed by atoms with E-state index in [9.17, 15) is 17.6 Å². The molecule has 0 aliphatic carbocycles. The van der Waals surface area contributed by atoms with Crippen LogP contribution in [-0.4, -0.2) is 25.3 Å². The predicted octanol–water partition coefficient (Wildman–Crippen LogP) is 5.63. The zero-order valence-corrected chi connectivity index (χ0v) is 21.6. The second-order valence-corrected chi connectivity index (χ2v) is 10.3. The van der Waals surface area contributed by atoms with Gasteiger partial charge in [0, 0.05) is 21.3 Å². The molecule has 0 fully saturated rings. The van der Waals surface area contributed by atoms with Gasteiger partial charge in [0.2, 0.25) is 5.96 Å². The smallest absolute Gasteiger partial charge is 0.280 e. The highest BCUT2D eigenvalue weighted by atomic mass is 35.5. The predicted molar refractivity (Wildman–Crippen MR) is 148 cm³/mol. The van der Waals surface area contributed by atoms with Crippen LogP contribution in [0, 0.1) is 5.82 Å². The molecule has 0 aliphatic heterocycles. The Balaban J connectivity index is 1.63. The summed E-state index contributed by atoms with van der Waals surface area (Å²) in [7, 11) is -4.04. The normalized spacial score (nSPS) is 11.6. The standard InChI is InChI=1S/C25H19Cl2FN6O3S/c26-16-10-8-15(9-11-16)24(35)33-25(30-19-13-17(27)12-18(28)14-19)32-22-6-3-7-23(31-22)34-38(36,37)21-5-2-1-4-20(21)29/h1-14H,29H2,(H3,30,31,32,33,34,35). The van der Waals surface area contributed by atoms with Crippen LogP contribution < -0.4 is 21.1 Å². The molecule has 1 aromatic heterocycles. The summed E-state index contributed by atoms with van der Waals surface area (Å²) >= 11 is 11.8. The molecule has 5 N–H and O–H groups in total. The number of amides is 1. The van der Waals surface area contributed by atoms with Crippen molar-refractivity contribution >= 4 is 68.1 Å². The number of pyridine rings is 1. The summed E-state index contributed by atoms with van der Waals surface area (Å²) in [6, 6.07) is 20.2. The number of hydrogen-bond donors (Lipinski definition) is 4. The summed E-state index contributed by atoms with van der Waals surface area (Å²) in [5.41, 5.74) is 6.31. The number of benzene rings is 3. The van der Waals surface area contributed by atoms with Gasteiger partial charge in [0.05, 0.1) is 5.69 Å². The highest BCUT2D eigenvalue weighted by molar-refractivity contribution is 7.92. The summed E-state index contributed by atoms with van der Waals surface area (Å²) in [4.78, 5) is 20.9. The van der Waals surface area contributed by atoms with Gasteiger partial charge in [-0.15, -0.1) is 0 Å². The molecule has 0 spiro atoms. The highest BCUT2D eigenvalue weighted by Crippen LogP contribution is 2.22. The second kappa shape index (κ2) is 11.5. The Morgan fingerprint density at radius 3 is 2.29 bits per heavy atom. The van der Waals surface area contributed by atoms with Gasteiger partial charge in [0.15, 0.2) is 0 Å². The number of aromatic nitrogens is 1. The van der Waals surface area contributed by atoms with Gasteiger partial charge < -0.3 is 16.4 Å². The maximum absolute atomic E-state index is 13.9. The largest absolute Gasteiger partial charge is 0.398 e. The molecule has 0 unspecified atom stereocenters. The summed E-state index contributed by atoms with van der Waals surface area (Å²) < 4.78 is 41.9. The third kappa shape index (κ3) is 6.97. The van der Waals surface area contributed by atoms with Crippen LogP contribution in [0.5, 0.6) is 0 Å². The molecule has 0 aliphatic rings. The third-order valence-electron chi connectivity index (χ3n) is 4.87. The lowest BCUT2D eigenvalue weighted by atomic mass is 10.2. The molecule has 194 valence electrons. The number of nitrogen functional groups attached to an aromatic ring is 1. The minimum Gasteiger partial charge on any atom is -0.398 e. The number of nitrogens with two attached hydrogens (primary N) is 1. The van der Waals surface area contributed by atoms with Gasteiger partial charge in [-0.3, -0.25) is 9.52 Å². The Labute approximate surface area is 227 Å².